The van der Waals surface area contributed by atoms with Gasteiger partial charge in [0, 0.05) is 10.5 Å². The zero-order chi connectivity index (χ0) is 16.4. The summed E-state index contributed by atoms with van der Waals surface area (Å²) >= 11 is 1.59. The molecule has 0 aliphatic carbocycles. The lowest BCUT2D eigenvalue weighted by atomic mass is 10.2. The molecule has 5 nitrogen and oxygen atoms in total. The van der Waals surface area contributed by atoms with E-state index >= 15 is 0 Å². The molecule has 118 valence electrons. The number of aromatic nitrogens is 4. The lowest BCUT2D eigenvalue weighted by Gasteiger charge is -2.01. The first-order chi connectivity index (χ1) is 11.8. The third kappa shape index (κ3) is 2.83. The number of hydrogen-bond acceptors (Lipinski definition) is 5. The Bertz CT molecular complexity index is 967. The van der Waals surface area contributed by atoms with E-state index in [2.05, 4.69) is 32.1 Å². The highest BCUT2D eigenvalue weighted by Crippen LogP contribution is 2.31. The number of rotatable bonds is 4. The fourth-order valence-corrected chi connectivity index (χ4v) is 3.23. The molecule has 0 saturated carbocycles. The van der Waals surface area contributed by atoms with Crippen LogP contribution < -0.4 is 4.74 Å². The Morgan fingerprint density at radius 2 is 1.75 bits per heavy atom. The maximum atomic E-state index is 5.19. The Labute approximate surface area is 143 Å². The molecule has 2 heterocycles. The summed E-state index contributed by atoms with van der Waals surface area (Å²) in [6.45, 7) is 0. The van der Waals surface area contributed by atoms with Crippen molar-refractivity contribution in [2.75, 3.05) is 7.11 Å². The molecule has 1 N–H and O–H groups in total. The highest BCUT2D eigenvalue weighted by atomic mass is 32.2. The van der Waals surface area contributed by atoms with Gasteiger partial charge in [0.2, 0.25) is 0 Å². The van der Waals surface area contributed by atoms with Gasteiger partial charge in [-0.05, 0) is 36.4 Å². The van der Waals surface area contributed by atoms with Crippen molar-refractivity contribution < 1.29 is 4.74 Å². The lowest BCUT2D eigenvalue weighted by molar-refractivity contribution is 0.415. The van der Waals surface area contributed by atoms with Crippen LogP contribution in [0.5, 0.6) is 5.75 Å². The van der Waals surface area contributed by atoms with Crippen LogP contribution >= 0.6 is 11.8 Å². The molecule has 0 radical (unpaired) electrons. The summed E-state index contributed by atoms with van der Waals surface area (Å²) in [7, 11) is 1.65. The van der Waals surface area contributed by atoms with E-state index in [-0.39, 0.29) is 0 Å². The molecule has 2 aromatic heterocycles. The van der Waals surface area contributed by atoms with Crippen molar-refractivity contribution >= 4 is 22.9 Å². The van der Waals surface area contributed by atoms with Gasteiger partial charge in [0.1, 0.15) is 28.4 Å². The largest absolute Gasteiger partial charge is 0.497 e. The minimum atomic E-state index is 0.661. The van der Waals surface area contributed by atoms with Crippen molar-refractivity contribution in [1.82, 2.24) is 19.9 Å². The van der Waals surface area contributed by atoms with Gasteiger partial charge in [-0.1, -0.05) is 30.0 Å². The van der Waals surface area contributed by atoms with Gasteiger partial charge in [0.05, 0.1) is 7.11 Å². The topological polar surface area (TPSA) is 63.7 Å². The molecule has 0 unspecified atom stereocenters. The molecule has 0 amide bonds. The molecule has 0 aliphatic heterocycles. The van der Waals surface area contributed by atoms with E-state index in [0.717, 1.165) is 32.6 Å². The molecule has 2 aromatic carbocycles. The van der Waals surface area contributed by atoms with Crippen molar-refractivity contribution in [3.05, 3.63) is 60.9 Å². The van der Waals surface area contributed by atoms with Crippen LogP contribution in [0.4, 0.5) is 0 Å². The average molecular weight is 334 g/mol. The Morgan fingerprint density at radius 1 is 0.958 bits per heavy atom. The van der Waals surface area contributed by atoms with Gasteiger partial charge < -0.3 is 9.72 Å². The smallest absolute Gasteiger partial charge is 0.182 e. The Kier molecular flexibility index (Phi) is 3.88. The van der Waals surface area contributed by atoms with Gasteiger partial charge in [0.15, 0.2) is 5.65 Å². The summed E-state index contributed by atoms with van der Waals surface area (Å²) < 4.78 is 5.19. The van der Waals surface area contributed by atoms with Crippen LogP contribution in [0.1, 0.15) is 0 Å². The molecule has 0 bridgehead atoms. The number of H-pyrrole nitrogens is 1. The first-order valence-corrected chi connectivity index (χ1v) is 8.23. The van der Waals surface area contributed by atoms with Gasteiger partial charge >= 0.3 is 0 Å². The van der Waals surface area contributed by atoms with E-state index in [1.54, 1.807) is 25.2 Å². The predicted octanol–water partition coefficient (Wildman–Crippen LogP) is 4.18. The first-order valence-electron chi connectivity index (χ1n) is 7.41. The second-order valence-electron chi connectivity index (χ2n) is 5.11. The van der Waals surface area contributed by atoms with E-state index in [0.29, 0.717) is 5.65 Å². The third-order valence-electron chi connectivity index (χ3n) is 3.57. The van der Waals surface area contributed by atoms with E-state index < -0.39 is 0 Å². The number of ether oxygens (including phenoxy) is 1. The molecule has 0 aliphatic rings. The Morgan fingerprint density at radius 3 is 2.50 bits per heavy atom. The number of imidazole rings is 1. The number of benzene rings is 2. The second kappa shape index (κ2) is 6.33. The number of nitrogens with one attached hydrogen (secondary N) is 1. The van der Waals surface area contributed by atoms with Crippen LogP contribution in [0.25, 0.3) is 22.6 Å². The summed E-state index contributed by atoms with van der Waals surface area (Å²) in [6, 6.07) is 17.9. The highest BCUT2D eigenvalue weighted by molar-refractivity contribution is 7.99. The monoisotopic (exact) mass is 334 g/mol. The van der Waals surface area contributed by atoms with Gasteiger partial charge in [-0.15, -0.1) is 0 Å². The fourth-order valence-electron chi connectivity index (χ4n) is 2.37. The maximum Gasteiger partial charge on any atom is 0.182 e. The Balaban J connectivity index is 1.73. The number of fused-ring (bicyclic) bond motifs is 1. The van der Waals surface area contributed by atoms with Crippen molar-refractivity contribution in [3.63, 3.8) is 0 Å². The zero-order valence-corrected chi connectivity index (χ0v) is 13.7. The summed E-state index contributed by atoms with van der Waals surface area (Å²) in [6.07, 6.45) is 1.55. The molecular weight excluding hydrogens is 320 g/mol. The van der Waals surface area contributed by atoms with Crippen LogP contribution in [0, 0.1) is 0 Å². The van der Waals surface area contributed by atoms with E-state index in [4.69, 9.17) is 4.74 Å². The van der Waals surface area contributed by atoms with E-state index in [1.807, 2.05) is 42.5 Å². The fraction of sp³-hybridized carbons (Fsp3) is 0.0556. The molecule has 0 atom stereocenters. The maximum absolute atomic E-state index is 5.19. The van der Waals surface area contributed by atoms with Crippen LogP contribution in [-0.2, 0) is 0 Å². The summed E-state index contributed by atoms with van der Waals surface area (Å²) in [5.74, 6) is 1.58. The SMILES string of the molecule is COc1ccc(-c2nc3ncnc(Sc4ccccc4)c3[nH]2)cc1. The van der Waals surface area contributed by atoms with Crippen LogP contribution in [0.3, 0.4) is 0 Å². The predicted molar refractivity (Wildman–Crippen MR) is 94.2 cm³/mol. The van der Waals surface area contributed by atoms with Crippen molar-refractivity contribution in [1.29, 1.82) is 0 Å². The molecule has 0 fully saturated rings. The lowest BCUT2D eigenvalue weighted by Crippen LogP contribution is -1.85. The Hall–Kier alpha value is -2.86. The van der Waals surface area contributed by atoms with E-state index in [9.17, 15) is 0 Å². The zero-order valence-electron chi connectivity index (χ0n) is 12.9. The molecule has 0 saturated heterocycles. The van der Waals surface area contributed by atoms with Gasteiger partial charge in [-0.2, -0.15) is 0 Å². The molecule has 24 heavy (non-hydrogen) atoms. The molecule has 4 rings (SSSR count). The van der Waals surface area contributed by atoms with E-state index in [1.165, 1.54) is 0 Å². The second-order valence-corrected chi connectivity index (χ2v) is 6.17. The van der Waals surface area contributed by atoms with Crippen LogP contribution in [0.2, 0.25) is 0 Å². The molecule has 4 aromatic rings. The minimum absolute atomic E-state index is 0.661. The number of hydrogen-bond donors (Lipinski definition) is 1. The average Bonchev–Trinajstić information content (AvgIpc) is 3.08. The number of aromatic amines is 1. The highest BCUT2D eigenvalue weighted by Gasteiger charge is 2.12. The summed E-state index contributed by atoms with van der Waals surface area (Å²) in [5, 5.41) is 0.860. The molecule has 0 spiro atoms. The van der Waals surface area contributed by atoms with Crippen molar-refractivity contribution in [3.8, 4) is 17.1 Å². The molecule has 6 heteroatoms. The van der Waals surface area contributed by atoms with Crippen molar-refractivity contribution in [2.24, 2.45) is 0 Å². The normalized spacial score (nSPS) is 10.9. The summed E-state index contributed by atoms with van der Waals surface area (Å²) in [5.41, 5.74) is 2.48. The third-order valence-corrected chi connectivity index (χ3v) is 4.59. The quantitative estimate of drug-likeness (QED) is 0.567. The summed E-state index contributed by atoms with van der Waals surface area (Å²) in [4.78, 5) is 17.7. The standard InChI is InChI=1S/C18H14N4OS/c1-23-13-9-7-12(8-10-13)16-21-15-17(22-16)19-11-20-18(15)24-14-5-3-2-4-6-14/h2-11H,1H3,(H,19,20,21,22). The number of methoxy groups -OCH3 is 1. The first kappa shape index (κ1) is 14.7. The van der Waals surface area contributed by atoms with Crippen LogP contribution in [0.15, 0.2) is 70.8 Å². The minimum Gasteiger partial charge on any atom is -0.497 e. The van der Waals surface area contributed by atoms with Crippen molar-refractivity contribution in [2.45, 2.75) is 9.92 Å². The number of nitrogens with zero attached hydrogens (tertiary/aromatic N) is 3. The van der Waals surface area contributed by atoms with Gasteiger partial charge in [0.25, 0.3) is 0 Å². The van der Waals surface area contributed by atoms with Gasteiger partial charge in [-0.3, -0.25) is 0 Å². The molecular formula is C18H14N4OS. The van der Waals surface area contributed by atoms with Crippen LogP contribution in [-0.4, -0.2) is 27.0 Å². The van der Waals surface area contributed by atoms with Gasteiger partial charge in [-0.25, -0.2) is 15.0 Å².